The molecule has 0 aromatic heterocycles. The third-order valence-electron chi connectivity index (χ3n) is 6.32. The van der Waals surface area contributed by atoms with Crippen LogP contribution in [0.15, 0.2) is 0 Å². The maximum absolute atomic E-state index is 6.88. The first-order valence-corrected chi connectivity index (χ1v) is 9.82. The van der Waals surface area contributed by atoms with Gasteiger partial charge in [0, 0.05) is 12.1 Å². The van der Waals surface area contributed by atoms with E-state index in [1.165, 1.54) is 69.3 Å². The molecule has 1 aliphatic carbocycles. The van der Waals surface area contributed by atoms with Gasteiger partial charge in [-0.15, -0.1) is 0 Å². The second kappa shape index (κ2) is 6.18. The van der Waals surface area contributed by atoms with Crippen LogP contribution in [0.3, 0.4) is 0 Å². The van der Waals surface area contributed by atoms with Crippen LogP contribution in [0.5, 0.6) is 0 Å². The lowest BCUT2D eigenvalue weighted by Gasteiger charge is -2.50. The highest BCUT2D eigenvalue weighted by atomic mass is 32.2. The molecule has 2 heterocycles. The molecular formula is C17H31NOS. The fourth-order valence-electron chi connectivity index (χ4n) is 4.64. The van der Waals surface area contributed by atoms with E-state index in [2.05, 4.69) is 18.7 Å². The van der Waals surface area contributed by atoms with Crippen molar-refractivity contribution in [2.45, 2.75) is 75.9 Å². The van der Waals surface area contributed by atoms with Crippen molar-refractivity contribution in [2.24, 2.45) is 17.6 Å². The molecule has 116 valence electrons. The highest BCUT2D eigenvalue weighted by Gasteiger charge is 2.46. The van der Waals surface area contributed by atoms with E-state index in [0.29, 0.717) is 5.92 Å². The summed E-state index contributed by atoms with van der Waals surface area (Å²) in [5.74, 6) is 4.20. The Balaban J connectivity index is 1.64. The van der Waals surface area contributed by atoms with Gasteiger partial charge in [0.25, 0.3) is 0 Å². The molecule has 2 aliphatic heterocycles. The second-order valence-electron chi connectivity index (χ2n) is 7.42. The Morgan fingerprint density at radius 1 is 1.10 bits per heavy atom. The van der Waals surface area contributed by atoms with E-state index in [0.717, 1.165) is 12.5 Å². The Hall–Kier alpha value is 0.270. The normalized spacial score (nSPS) is 41.7. The van der Waals surface area contributed by atoms with Crippen LogP contribution < -0.4 is 5.73 Å². The molecule has 3 fully saturated rings. The lowest BCUT2D eigenvalue weighted by Crippen LogP contribution is -2.55. The lowest BCUT2D eigenvalue weighted by molar-refractivity contribution is -0.117. The van der Waals surface area contributed by atoms with Crippen molar-refractivity contribution in [2.75, 3.05) is 18.1 Å². The fraction of sp³-hybridized carbons (Fsp3) is 1.00. The Morgan fingerprint density at radius 2 is 1.80 bits per heavy atom. The highest BCUT2D eigenvalue weighted by Crippen LogP contribution is 2.46. The van der Waals surface area contributed by atoms with Crippen molar-refractivity contribution in [1.29, 1.82) is 0 Å². The third kappa shape index (κ3) is 3.05. The van der Waals surface area contributed by atoms with Crippen molar-refractivity contribution >= 4 is 11.8 Å². The standard InChI is InChI=1S/C17H31NOS/c1-2-14-3-6-17(18,7-4-14)15-5-10-19-16(13-15)8-11-20-12-9-16/h14-15H,2-13,18H2,1H3. The molecule has 20 heavy (non-hydrogen) atoms. The molecule has 3 rings (SSSR count). The van der Waals surface area contributed by atoms with Crippen molar-refractivity contribution in [3.05, 3.63) is 0 Å². The van der Waals surface area contributed by atoms with Crippen LogP contribution >= 0.6 is 11.8 Å². The van der Waals surface area contributed by atoms with Crippen molar-refractivity contribution in [1.82, 2.24) is 0 Å². The smallest absolute Gasteiger partial charge is 0.0701 e. The van der Waals surface area contributed by atoms with E-state index >= 15 is 0 Å². The SMILES string of the molecule is CCC1CCC(N)(C2CCOC3(CCSCC3)C2)CC1. The first kappa shape index (κ1) is 15.2. The van der Waals surface area contributed by atoms with Crippen molar-refractivity contribution in [3.63, 3.8) is 0 Å². The highest BCUT2D eigenvalue weighted by molar-refractivity contribution is 7.99. The van der Waals surface area contributed by atoms with E-state index in [1.54, 1.807) is 0 Å². The third-order valence-corrected chi connectivity index (χ3v) is 7.31. The monoisotopic (exact) mass is 297 g/mol. The van der Waals surface area contributed by atoms with E-state index in [9.17, 15) is 0 Å². The van der Waals surface area contributed by atoms with E-state index in [1.807, 2.05) is 0 Å². The quantitative estimate of drug-likeness (QED) is 0.837. The summed E-state index contributed by atoms with van der Waals surface area (Å²) in [6.07, 6.45) is 11.5. The first-order chi connectivity index (χ1) is 9.66. The van der Waals surface area contributed by atoms with Crippen LogP contribution in [-0.2, 0) is 4.74 Å². The van der Waals surface area contributed by atoms with Crippen LogP contribution in [0.1, 0.15) is 64.7 Å². The minimum absolute atomic E-state index is 0.118. The molecule has 1 atom stereocenters. The number of hydrogen-bond acceptors (Lipinski definition) is 3. The Kier molecular flexibility index (Phi) is 4.69. The van der Waals surface area contributed by atoms with Gasteiger partial charge in [0.15, 0.2) is 0 Å². The van der Waals surface area contributed by atoms with Crippen LogP contribution in [0.4, 0.5) is 0 Å². The van der Waals surface area contributed by atoms with Gasteiger partial charge in [0.1, 0.15) is 0 Å². The molecule has 2 N–H and O–H groups in total. The Labute approximate surface area is 128 Å². The van der Waals surface area contributed by atoms with Crippen molar-refractivity contribution in [3.8, 4) is 0 Å². The second-order valence-corrected chi connectivity index (χ2v) is 8.64. The molecular weight excluding hydrogens is 266 g/mol. The van der Waals surface area contributed by atoms with Crippen LogP contribution in [0.25, 0.3) is 0 Å². The largest absolute Gasteiger partial charge is 0.375 e. The van der Waals surface area contributed by atoms with Crippen LogP contribution in [0, 0.1) is 11.8 Å². The Morgan fingerprint density at radius 3 is 2.45 bits per heavy atom. The number of thioether (sulfide) groups is 1. The van der Waals surface area contributed by atoms with Gasteiger partial charge in [-0.25, -0.2) is 0 Å². The minimum atomic E-state index is 0.118. The zero-order valence-corrected chi connectivity index (χ0v) is 13.9. The number of hydrogen-bond donors (Lipinski definition) is 1. The zero-order chi connectivity index (χ0) is 14.1. The summed E-state index contributed by atoms with van der Waals surface area (Å²) in [5, 5.41) is 0. The summed E-state index contributed by atoms with van der Waals surface area (Å²) >= 11 is 2.09. The molecule has 3 aliphatic rings. The van der Waals surface area contributed by atoms with Crippen LogP contribution in [0.2, 0.25) is 0 Å². The molecule has 2 nitrogen and oxygen atoms in total. The summed E-state index contributed by atoms with van der Waals surface area (Å²) in [6, 6.07) is 0. The molecule has 1 saturated carbocycles. The molecule has 0 bridgehead atoms. The molecule has 0 radical (unpaired) electrons. The molecule has 1 spiro atoms. The van der Waals surface area contributed by atoms with E-state index < -0.39 is 0 Å². The lowest BCUT2D eigenvalue weighted by atomic mass is 9.65. The first-order valence-electron chi connectivity index (χ1n) is 8.66. The number of ether oxygens (including phenoxy) is 1. The van der Waals surface area contributed by atoms with Crippen molar-refractivity contribution < 1.29 is 4.74 Å². The fourth-order valence-corrected chi connectivity index (χ4v) is 5.88. The van der Waals surface area contributed by atoms with Crippen LogP contribution in [-0.4, -0.2) is 29.3 Å². The van der Waals surface area contributed by atoms with Gasteiger partial charge in [-0.3, -0.25) is 0 Å². The average molecular weight is 298 g/mol. The van der Waals surface area contributed by atoms with Gasteiger partial charge in [0.2, 0.25) is 0 Å². The minimum Gasteiger partial charge on any atom is -0.375 e. The summed E-state index contributed by atoms with van der Waals surface area (Å²) < 4.78 is 6.25. The van der Waals surface area contributed by atoms with Gasteiger partial charge in [0.05, 0.1) is 5.60 Å². The molecule has 3 heteroatoms. The number of nitrogens with two attached hydrogens (primary N) is 1. The summed E-state index contributed by atoms with van der Waals surface area (Å²) in [4.78, 5) is 0. The molecule has 0 amide bonds. The molecule has 0 aromatic rings. The van der Waals surface area contributed by atoms with E-state index in [-0.39, 0.29) is 11.1 Å². The molecule has 1 unspecified atom stereocenters. The summed E-state index contributed by atoms with van der Waals surface area (Å²) in [7, 11) is 0. The summed E-state index contributed by atoms with van der Waals surface area (Å²) in [5.41, 5.74) is 7.19. The zero-order valence-electron chi connectivity index (χ0n) is 13.0. The van der Waals surface area contributed by atoms with Gasteiger partial charge in [-0.2, -0.15) is 11.8 Å². The van der Waals surface area contributed by atoms with Gasteiger partial charge in [-0.1, -0.05) is 13.3 Å². The average Bonchev–Trinajstić information content (AvgIpc) is 2.49. The molecule has 2 saturated heterocycles. The maximum Gasteiger partial charge on any atom is 0.0701 e. The Bertz CT molecular complexity index is 313. The predicted octanol–water partition coefficient (Wildman–Crippen LogP) is 3.98. The van der Waals surface area contributed by atoms with Gasteiger partial charge >= 0.3 is 0 Å². The maximum atomic E-state index is 6.88. The molecule has 0 aromatic carbocycles. The summed E-state index contributed by atoms with van der Waals surface area (Å²) in [6.45, 7) is 3.28. The van der Waals surface area contributed by atoms with E-state index in [4.69, 9.17) is 10.5 Å². The number of rotatable bonds is 2. The predicted molar refractivity (Wildman–Crippen MR) is 87.1 cm³/mol. The topological polar surface area (TPSA) is 35.2 Å². The van der Waals surface area contributed by atoms with Gasteiger partial charge < -0.3 is 10.5 Å². The van der Waals surface area contributed by atoms with Gasteiger partial charge in [-0.05, 0) is 74.7 Å².